The van der Waals surface area contributed by atoms with Crippen LogP contribution in [-0.2, 0) is 9.59 Å². The van der Waals surface area contributed by atoms with E-state index in [0.29, 0.717) is 31.1 Å². The van der Waals surface area contributed by atoms with Gasteiger partial charge in [0.05, 0.1) is 6.10 Å². The number of hydrogen-bond donors (Lipinski definition) is 4. The van der Waals surface area contributed by atoms with Crippen LogP contribution >= 0.6 is 12.4 Å². The minimum Gasteiger partial charge on any atom is -0.484 e. The van der Waals surface area contributed by atoms with Crippen LogP contribution in [0.4, 0.5) is 5.69 Å². The summed E-state index contributed by atoms with van der Waals surface area (Å²) in [6, 6.07) is 7.01. The van der Waals surface area contributed by atoms with Crippen LogP contribution in [-0.4, -0.2) is 49.3 Å². The highest BCUT2D eigenvalue weighted by atomic mass is 35.5. The minimum absolute atomic E-state index is 0. The molecular formula is C17H24ClN3O4. The van der Waals surface area contributed by atoms with Crippen molar-refractivity contribution in [2.75, 3.05) is 31.6 Å². The van der Waals surface area contributed by atoms with E-state index in [9.17, 15) is 14.7 Å². The molecule has 2 unspecified atom stereocenters. The van der Waals surface area contributed by atoms with Crippen molar-refractivity contribution in [2.24, 2.45) is 11.8 Å². The van der Waals surface area contributed by atoms with E-state index in [-0.39, 0.29) is 42.7 Å². The lowest BCUT2D eigenvalue weighted by atomic mass is 10.1. The molecule has 8 heteroatoms. The molecule has 0 spiro atoms. The molecular weight excluding hydrogens is 346 g/mol. The average molecular weight is 370 g/mol. The number of rotatable bonds is 7. The molecule has 1 aromatic rings. The van der Waals surface area contributed by atoms with Crippen LogP contribution in [0.15, 0.2) is 24.3 Å². The number of β-amino-alcohol motifs (C(OH)–C–C–N with tert-alkyl or cyclic N) is 1. The van der Waals surface area contributed by atoms with Crippen LogP contribution < -0.4 is 20.7 Å². The highest BCUT2D eigenvalue weighted by molar-refractivity contribution is 5.94. The molecule has 1 heterocycles. The first-order valence-corrected chi connectivity index (χ1v) is 8.31. The van der Waals surface area contributed by atoms with Gasteiger partial charge in [0.2, 0.25) is 5.91 Å². The Hall–Kier alpha value is -1.83. The first-order valence-electron chi connectivity index (χ1n) is 8.31. The molecule has 25 heavy (non-hydrogen) atoms. The summed E-state index contributed by atoms with van der Waals surface area (Å²) in [5.41, 5.74) is 0.671. The van der Waals surface area contributed by atoms with Gasteiger partial charge in [-0.2, -0.15) is 0 Å². The highest BCUT2D eigenvalue weighted by Gasteiger charge is 2.29. The van der Waals surface area contributed by atoms with Crippen molar-refractivity contribution in [1.29, 1.82) is 0 Å². The maximum Gasteiger partial charge on any atom is 0.257 e. The van der Waals surface area contributed by atoms with Crippen LogP contribution in [0.5, 0.6) is 5.75 Å². The molecule has 7 nitrogen and oxygen atoms in total. The molecule has 138 valence electrons. The second-order valence-electron chi connectivity index (χ2n) is 6.37. The number of anilines is 1. The number of aliphatic hydroxyl groups is 1. The monoisotopic (exact) mass is 369 g/mol. The molecule has 2 amide bonds. The molecule has 0 radical (unpaired) electrons. The van der Waals surface area contributed by atoms with Crippen molar-refractivity contribution in [3.8, 4) is 5.75 Å². The Morgan fingerprint density at radius 1 is 1.28 bits per heavy atom. The number of amides is 2. The van der Waals surface area contributed by atoms with Crippen LogP contribution in [0.2, 0.25) is 0 Å². The lowest BCUT2D eigenvalue weighted by Gasteiger charge is -2.14. The van der Waals surface area contributed by atoms with E-state index in [0.717, 1.165) is 12.8 Å². The SMILES string of the molecule is Cl.O=C(COc1cccc(NC(=O)C2CC2)c1)NCC1CNCC1O. The Kier molecular flexibility index (Phi) is 7.04. The van der Waals surface area contributed by atoms with E-state index in [1.807, 2.05) is 0 Å². The third-order valence-electron chi connectivity index (χ3n) is 4.29. The first kappa shape index (κ1) is 19.5. The van der Waals surface area contributed by atoms with Gasteiger partial charge in [0.1, 0.15) is 5.75 Å². The Morgan fingerprint density at radius 3 is 2.76 bits per heavy atom. The van der Waals surface area contributed by atoms with Gasteiger partial charge >= 0.3 is 0 Å². The lowest BCUT2D eigenvalue weighted by molar-refractivity contribution is -0.123. The third-order valence-corrected chi connectivity index (χ3v) is 4.29. The minimum atomic E-state index is -0.419. The first-order chi connectivity index (χ1) is 11.6. The summed E-state index contributed by atoms with van der Waals surface area (Å²) in [6.07, 6.45) is 1.49. The van der Waals surface area contributed by atoms with Crippen LogP contribution in [0.25, 0.3) is 0 Å². The van der Waals surface area contributed by atoms with E-state index < -0.39 is 6.10 Å². The maximum absolute atomic E-state index is 11.8. The fourth-order valence-corrected chi connectivity index (χ4v) is 2.63. The summed E-state index contributed by atoms with van der Waals surface area (Å²) in [6.45, 7) is 1.59. The van der Waals surface area contributed by atoms with Crippen molar-refractivity contribution in [3.63, 3.8) is 0 Å². The summed E-state index contributed by atoms with van der Waals surface area (Å²) in [5, 5.41) is 18.4. The van der Waals surface area contributed by atoms with Gasteiger partial charge in [-0.25, -0.2) is 0 Å². The molecule has 2 aliphatic rings. The van der Waals surface area contributed by atoms with Gasteiger partial charge in [0.15, 0.2) is 6.61 Å². The Labute approximate surface area is 152 Å². The predicted octanol–water partition coefficient (Wildman–Crippen LogP) is 0.532. The van der Waals surface area contributed by atoms with E-state index in [2.05, 4.69) is 16.0 Å². The summed E-state index contributed by atoms with van der Waals surface area (Å²) < 4.78 is 5.47. The quantitative estimate of drug-likeness (QED) is 0.562. The Morgan fingerprint density at radius 2 is 2.08 bits per heavy atom. The van der Waals surface area contributed by atoms with Crippen LogP contribution in [0.1, 0.15) is 12.8 Å². The Bertz CT molecular complexity index is 609. The maximum atomic E-state index is 11.8. The van der Waals surface area contributed by atoms with Crippen LogP contribution in [0.3, 0.4) is 0 Å². The third kappa shape index (κ3) is 5.88. The standard InChI is InChI=1S/C17H23N3O4.ClH/c21-15-9-18-7-12(15)8-19-16(22)10-24-14-3-1-2-13(6-14)20-17(23)11-4-5-11;/h1-3,6,11-12,15,18,21H,4-5,7-10H2,(H,19,22)(H,20,23);1H. The Balaban J connectivity index is 0.00000225. The number of carbonyl (C=O) groups is 2. The van der Waals surface area contributed by atoms with Crippen molar-refractivity contribution in [2.45, 2.75) is 18.9 Å². The lowest BCUT2D eigenvalue weighted by Crippen LogP contribution is -2.36. The summed E-state index contributed by atoms with van der Waals surface area (Å²) in [7, 11) is 0. The summed E-state index contributed by atoms with van der Waals surface area (Å²) in [4.78, 5) is 23.6. The number of benzene rings is 1. The summed E-state index contributed by atoms with van der Waals surface area (Å²) in [5.74, 6) is 0.507. The fraction of sp³-hybridized carbons (Fsp3) is 0.529. The number of hydrogen-bond acceptors (Lipinski definition) is 5. The van der Waals surface area contributed by atoms with Gasteiger partial charge in [-0.15, -0.1) is 12.4 Å². The van der Waals surface area contributed by atoms with Crippen molar-refractivity contribution in [1.82, 2.24) is 10.6 Å². The molecule has 1 aliphatic heterocycles. The fourth-order valence-electron chi connectivity index (χ4n) is 2.63. The zero-order valence-electron chi connectivity index (χ0n) is 13.9. The number of nitrogens with one attached hydrogen (secondary N) is 3. The van der Waals surface area contributed by atoms with Crippen molar-refractivity contribution >= 4 is 29.9 Å². The molecule has 0 aromatic heterocycles. The zero-order valence-corrected chi connectivity index (χ0v) is 14.7. The molecule has 1 aliphatic carbocycles. The molecule has 2 atom stereocenters. The largest absolute Gasteiger partial charge is 0.484 e. The van der Waals surface area contributed by atoms with E-state index in [1.165, 1.54) is 0 Å². The predicted molar refractivity (Wildman–Crippen MR) is 95.9 cm³/mol. The van der Waals surface area contributed by atoms with Crippen molar-refractivity contribution in [3.05, 3.63) is 24.3 Å². The summed E-state index contributed by atoms with van der Waals surface area (Å²) >= 11 is 0. The second kappa shape index (κ2) is 9.03. The van der Waals surface area contributed by atoms with Gasteiger partial charge in [-0.1, -0.05) is 6.07 Å². The molecule has 1 saturated carbocycles. The molecule has 4 N–H and O–H groups in total. The average Bonchev–Trinajstić information content (AvgIpc) is 3.34. The molecule has 1 saturated heterocycles. The normalized spacial score (nSPS) is 22.0. The molecule has 3 rings (SSSR count). The number of carbonyl (C=O) groups excluding carboxylic acids is 2. The van der Waals surface area contributed by atoms with E-state index in [4.69, 9.17) is 4.74 Å². The number of aliphatic hydroxyl groups excluding tert-OH is 1. The van der Waals surface area contributed by atoms with Gasteiger partial charge in [-0.05, 0) is 25.0 Å². The topological polar surface area (TPSA) is 99.7 Å². The zero-order chi connectivity index (χ0) is 16.9. The van der Waals surface area contributed by atoms with Crippen LogP contribution in [0, 0.1) is 11.8 Å². The van der Waals surface area contributed by atoms with Gasteiger partial charge in [0.25, 0.3) is 5.91 Å². The van der Waals surface area contributed by atoms with E-state index in [1.54, 1.807) is 24.3 Å². The molecule has 2 fully saturated rings. The van der Waals surface area contributed by atoms with Gasteiger partial charge in [-0.3, -0.25) is 9.59 Å². The number of halogens is 1. The van der Waals surface area contributed by atoms with Crippen molar-refractivity contribution < 1.29 is 19.4 Å². The number of ether oxygens (including phenoxy) is 1. The van der Waals surface area contributed by atoms with Gasteiger partial charge in [0, 0.05) is 43.2 Å². The smallest absolute Gasteiger partial charge is 0.257 e. The molecule has 0 bridgehead atoms. The highest BCUT2D eigenvalue weighted by Crippen LogP contribution is 2.30. The van der Waals surface area contributed by atoms with E-state index >= 15 is 0 Å². The molecule has 1 aromatic carbocycles. The second-order valence-corrected chi connectivity index (χ2v) is 6.37. The van der Waals surface area contributed by atoms with Gasteiger partial charge < -0.3 is 25.8 Å².